The van der Waals surface area contributed by atoms with Crippen LogP contribution in [0.15, 0.2) is 52.1 Å². The molecule has 6 heteroatoms. The fraction of sp³-hybridized carbons (Fsp3) is 0.0714. The summed E-state index contributed by atoms with van der Waals surface area (Å²) >= 11 is 3.18. The Labute approximate surface area is 123 Å². The van der Waals surface area contributed by atoms with Crippen LogP contribution < -0.4 is 10.5 Å². The lowest BCUT2D eigenvalue weighted by Crippen LogP contribution is -2.12. The van der Waals surface area contributed by atoms with E-state index in [1.165, 1.54) is 6.07 Å². The van der Waals surface area contributed by atoms with E-state index in [0.29, 0.717) is 21.3 Å². The van der Waals surface area contributed by atoms with E-state index in [-0.39, 0.29) is 18.3 Å². The molecule has 104 valence electrons. The molecule has 0 spiro atoms. The highest BCUT2D eigenvalue weighted by atomic mass is 79.9. The van der Waals surface area contributed by atoms with Gasteiger partial charge in [-0.2, -0.15) is 0 Å². The maximum Gasteiger partial charge on any atom is 0.170 e. The second-order valence-corrected chi connectivity index (χ2v) is 4.80. The summed E-state index contributed by atoms with van der Waals surface area (Å²) in [5, 5.41) is 11.5. The first-order valence-electron chi connectivity index (χ1n) is 5.75. The number of ether oxygens (including phenoxy) is 1. The Bertz CT molecular complexity index is 630. The van der Waals surface area contributed by atoms with Crippen molar-refractivity contribution in [3.8, 4) is 5.75 Å². The summed E-state index contributed by atoms with van der Waals surface area (Å²) in [7, 11) is 0. The molecule has 0 bridgehead atoms. The summed E-state index contributed by atoms with van der Waals surface area (Å²) in [5.74, 6) is 0.313. The van der Waals surface area contributed by atoms with E-state index >= 15 is 0 Å². The molecule has 0 radical (unpaired) electrons. The predicted octanol–water partition coefficient (Wildman–Crippen LogP) is 3.26. The summed E-state index contributed by atoms with van der Waals surface area (Å²) < 4.78 is 19.3. The first kappa shape index (κ1) is 14.3. The molecule has 4 nitrogen and oxygen atoms in total. The SMILES string of the molecule is N/C(=N/O)c1ccc(OCc2cccc(F)c2Br)cc1. The normalized spacial score (nSPS) is 11.4. The van der Waals surface area contributed by atoms with Crippen LogP contribution in [0.25, 0.3) is 0 Å². The van der Waals surface area contributed by atoms with Crippen LogP contribution in [0.2, 0.25) is 0 Å². The Morgan fingerprint density at radius 3 is 2.60 bits per heavy atom. The predicted molar refractivity (Wildman–Crippen MR) is 77.4 cm³/mol. The largest absolute Gasteiger partial charge is 0.489 e. The maximum atomic E-state index is 13.3. The van der Waals surface area contributed by atoms with Gasteiger partial charge in [0.2, 0.25) is 0 Å². The molecule has 0 atom stereocenters. The first-order chi connectivity index (χ1) is 9.61. The Balaban J connectivity index is 2.06. The number of amidine groups is 1. The molecule has 0 saturated heterocycles. The fourth-order valence-corrected chi connectivity index (χ4v) is 1.98. The van der Waals surface area contributed by atoms with E-state index in [1.54, 1.807) is 36.4 Å². The van der Waals surface area contributed by atoms with Crippen LogP contribution in [0.4, 0.5) is 4.39 Å². The topological polar surface area (TPSA) is 67.8 Å². The van der Waals surface area contributed by atoms with Gasteiger partial charge in [-0.15, -0.1) is 0 Å². The van der Waals surface area contributed by atoms with Gasteiger partial charge in [0.05, 0.1) is 4.47 Å². The lowest BCUT2D eigenvalue weighted by Gasteiger charge is -2.09. The average Bonchev–Trinajstić information content (AvgIpc) is 2.48. The lowest BCUT2D eigenvalue weighted by molar-refractivity contribution is 0.304. The zero-order valence-electron chi connectivity index (χ0n) is 10.4. The van der Waals surface area contributed by atoms with Crippen molar-refractivity contribution in [3.63, 3.8) is 0 Å². The van der Waals surface area contributed by atoms with Crippen molar-refractivity contribution in [2.24, 2.45) is 10.9 Å². The van der Waals surface area contributed by atoms with Crippen molar-refractivity contribution >= 4 is 21.8 Å². The zero-order chi connectivity index (χ0) is 14.5. The number of hydrogen-bond donors (Lipinski definition) is 2. The van der Waals surface area contributed by atoms with Gasteiger partial charge >= 0.3 is 0 Å². The van der Waals surface area contributed by atoms with E-state index in [9.17, 15) is 4.39 Å². The molecule has 2 aromatic rings. The minimum atomic E-state index is -0.326. The van der Waals surface area contributed by atoms with Crippen LogP contribution in [-0.4, -0.2) is 11.0 Å². The number of hydrogen-bond acceptors (Lipinski definition) is 3. The number of nitrogens with two attached hydrogens (primary N) is 1. The van der Waals surface area contributed by atoms with Gasteiger partial charge in [-0.25, -0.2) is 4.39 Å². The molecule has 0 aliphatic carbocycles. The van der Waals surface area contributed by atoms with Crippen LogP contribution in [0.1, 0.15) is 11.1 Å². The van der Waals surface area contributed by atoms with Gasteiger partial charge in [0, 0.05) is 11.1 Å². The van der Waals surface area contributed by atoms with E-state index in [1.807, 2.05) is 0 Å². The van der Waals surface area contributed by atoms with Crippen molar-refractivity contribution in [2.75, 3.05) is 0 Å². The van der Waals surface area contributed by atoms with E-state index in [0.717, 1.165) is 0 Å². The van der Waals surface area contributed by atoms with Gasteiger partial charge in [-0.1, -0.05) is 17.3 Å². The van der Waals surface area contributed by atoms with E-state index in [4.69, 9.17) is 15.7 Å². The molecule has 0 amide bonds. The molecule has 0 aliphatic heterocycles. The Kier molecular flexibility index (Phi) is 4.57. The quantitative estimate of drug-likeness (QED) is 0.389. The average molecular weight is 339 g/mol. The highest BCUT2D eigenvalue weighted by Gasteiger charge is 2.06. The molecule has 0 aromatic heterocycles. The molecular weight excluding hydrogens is 327 g/mol. The van der Waals surface area contributed by atoms with Crippen LogP contribution in [0.3, 0.4) is 0 Å². The minimum Gasteiger partial charge on any atom is -0.489 e. The smallest absolute Gasteiger partial charge is 0.170 e. The Morgan fingerprint density at radius 2 is 1.95 bits per heavy atom. The van der Waals surface area contributed by atoms with Gasteiger partial charge in [0.15, 0.2) is 5.84 Å². The number of benzene rings is 2. The summed E-state index contributed by atoms with van der Waals surface area (Å²) in [6.07, 6.45) is 0. The van der Waals surface area contributed by atoms with Gasteiger partial charge in [0.25, 0.3) is 0 Å². The van der Waals surface area contributed by atoms with E-state index in [2.05, 4.69) is 21.1 Å². The molecule has 20 heavy (non-hydrogen) atoms. The molecule has 0 aliphatic rings. The molecular formula is C14H12BrFN2O2. The second kappa shape index (κ2) is 6.38. The number of rotatable bonds is 4. The standard InChI is InChI=1S/C14H12BrFN2O2/c15-13-10(2-1-3-12(13)16)8-20-11-6-4-9(5-7-11)14(17)18-19/h1-7,19H,8H2,(H2,17,18). The van der Waals surface area contributed by atoms with Gasteiger partial charge in [-0.05, 0) is 46.3 Å². The second-order valence-electron chi connectivity index (χ2n) is 4.01. The zero-order valence-corrected chi connectivity index (χ0v) is 12.0. The summed E-state index contributed by atoms with van der Waals surface area (Å²) in [6.45, 7) is 0.237. The number of nitrogens with zero attached hydrogens (tertiary/aromatic N) is 1. The molecule has 0 heterocycles. The van der Waals surface area contributed by atoms with Crippen LogP contribution in [0.5, 0.6) is 5.75 Å². The van der Waals surface area contributed by atoms with Crippen LogP contribution in [0, 0.1) is 5.82 Å². The van der Waals surface area contributed by atoms with Crippen LogP contribution >= 0.6 is 15.9 Å². The lowest BCUT2D eigenvalue weighted by atomic mass is 10.2. The third-order valence-electron chi connectivity index (χ3n) is 2.68. The van der Waals surface area contributed by atoms with E-state index < -0.39 is 0 Å². The molecule has 0 unspecified atom stereocenters. The summed E-state index contributed by atoms with van der Waals surface area (Å²) in [4.78, 5) is 0. The molecule has 3 N–H and O–H groups in total. The Morgan fingerprint density at radius 1 is 1.25 bits per heavy atom. The summed E-state index contributed by atoms with van der Waals surface area (Å²) in [6, 6.07) is 11.5. The Hall–Kier alpha value is -2.08. The maximum absolute atomic E-state index is 13.3. The molecule has 0 fully saturated rings. The van der Waals surface area contributed by atoms with Crippen molar-refractivity contribution < 1.29 is 14.3 Å². The van der Waals surface area contributed by atoms with Gasteiger partial charge < -0.3 is 15.7 Å². The van der Waals surface area contributed by atoms with Crippen molar-refractivity contribution in [1.82, 2.24) is 0 Å². The first-order valence-corrected chi connectivity index (χ1v) is 6.54. The van der Waals surface area contributed by atoms with Crippen molar-refractivity contribution in [2.45, 2.75) is 6.61 Å². The van der Waals surface area contributed by atoms with Crippen molar-refractivity contribution in [3.05, 3.63) is 63.9 Å². The highest BCUT2D eigenvalue weighted by Crippen LogP contribution is 2.22. The minimum absolute atomic E-state index is 0.0319. The summed E-state index contributed by atoms with van der Waals surface area (Å²) in [5.41, 5.74) is 6.76. The van der Waals surface area contributed by atoms with Crippen LogP contribution in [-0.2, 0) is 6.61 Å². The molecule has 2 rings (SSSR count). The molecule has 0 saturated carbocycles. The van der Waals surface area contributed by atoms with Gasteiger partial charge in [0.1, 0.15) is 18.2 Å². The third kappa shape index (κ3) is 3.27. The number of oxime groups is 1. The highest BCUT2D eigenvalue weighted by molar-refractivity contribution is 9.10. The third-order valence-corrected chi connectivity index (χ3v) is 3.57. The fourth-order valence-electron chi connectivity index (χ4n) is 1.60. The molecule has 2 aromatic carbocycles. The van der Waals surface area contributed by atoms with Crippen molar-refractivity contribution in [1.29, 1.82) is 0 Å². The number of halogens is 2. The van der Waals surface area contributed by atoms with Gasteiger partial charge in [-0.3, -0.25) is 0 Å². The monoisotopic (exact) mass is 338 g/mol.